The molecule has 0 bridgehead atoms. The summed E-state index contributed by atoms with van der Waals surface area (Å²) in [4.78, 5) is 38.3. The molecule has 0 aliphatic carbocycles. The first kappa shape index (κ1) is 29.1. The molecule has 0 aliphatic heterocycles. The van der Waals surface area contributed by atoms with Crippen molar-refractivity contribution in [1.82, 2.24) is 10.2 Å². The fraction of sp³-hybridized carbons (Fsp3) is 0.417. The largest absolute Gasteiger partial charge is 0.354 e. The van der Waals surface area contributed by atoms with Crippen LogP contribution in [0.4, 0.5) is 11.4 Å². The molecule has 0 saturated carbocycles. The van der Waals surface area contributed by atoms with Crippen LogP contribution in [-0.4, -0.2) is 55.4 Å². The van der Waals surface area contributed by atoms with E-state index in [-0.39, 0.29) is 23.8 Å². The summed E-state index contributed by atoms with van der Waals surface area (Å²) in [7, 11) is -4.01. The minimum atomic E-state index is -4.01. The lowest BCUT2D eigenvalue weighted by Crippen LogP contribution is -2.51. The highest BCUT2D eigenvalue weighted by Crippen LogP contribution is 2.28. The van der Waals surface area contributed by atoms with E-state index in [1.807, 2.05) is 6.92 Å². The summed E-state index contributed by atoms with van der Waals surface area (Å²) in [6.07, 6.45) is 2.58. The van der Waals surface area contributed by atoms with Crippen LogP contribution in [0.5, 0.6) is 0 Å². The van der Waals surface area contributed by atoms with Gasteiger partial charge in [-0.2, -0.15) is 0 Å². The number of benzene rings is 2. The van der Waals surface area contributed by atoms with Crippen LogP contribution in [0.2, 0.25) is 5.02 Å². The number of nitro benzene ring substituents is 1. The summed E-state index contributed by atoms with van der Waals surface area (Å²) in [6.45, 7) is 4.99. The van der Waals surface area contributed by atoms with Crippen molar-refractivity contribution in [1.29, 1.82) is 0 Å². The Morgan fingerprint density at radius 2 is 1.81 bits per heavy atom. The molecule has 0 aliphatic rings. The first-order valence-corrected chi connectivity index (χ1v) is 13.6. The second kappa shape index (κ2) is 12.7. The number of aryl methyl sites for hydroxylation is 1. The van der Waals surface area contributed by atoms with Gasteiger partial charge in [-0.25, -0.2) is 8.42 Å². The molecule has 0 aromatic heterocycles. The molecule has 0 fully saturated rings. The highest BCUT2D eigenvalue weighted by atomic mass is 35.5. The van der Waals surface area contributed by atoms with Gasteiger partial charge in [0.25, 0.3) is 5.69 Å². The number of hydrogen-bond donors (Lipinski definition) is 1. The molecule has 2 amide bonds. The molecule has 196 valence electrons. The summed E-state index contributed by atoms with van der Waals surface area (Å²) in [5, 5.41) is 14.6. The quantitative estimate of drug-likeness (QED) is 0.249. The number of nitrogens with one attached hydrogen (secondary N) is 1. The van der Waals surface area contributed by atoms with Crippen molar-refractivity contribution >= 4 is 44.8 Å². The lowest BCUT2D eigenvalue weighted by molar-refractivity contribution is -0.384. The van der Waals surface area contributed by atoms with Gasteiger partial charge in [-0.1, -0.05) is 43.1 Å². The van der Waals surface area contributed by atoms with Crippen LogP contribution in [0.1, 0.15) is 37.8 Å². The van der Waals surface area contributed by atoms with E-state index in [0.29, 0.717) is 22.7 Å². The number of anilines is 1. The third-order valence-electron chi connectivity index (χ3n) is 5.61. The summed E-state index contributed by atoms with van der Waals surface area (Å²) < 4.78 is 26.2. The molecular formula is C24H31ClN4O6S. The third-order valence-corrected chi connectivity index (χ3v) is 6.99. The molecule has 12 heteroatoms. The average Bonchev–Trinajstić information content (AvgIpc) is 2.81. The minimum Gasteiger partial charge on any atom is -0.354 e. The van der Waals surface area contributed by atoms with Crippen LogP contribution in [0.15, 0.2) is 42.5 Å². The first-order chi connectivity index (χ1) is 16.8. The molecule has 0 heterocycles. The zero-order valence-electron chi connectivity index (χ0n) is 20.7. The molecule has 2 rings (SSSR count). The summed E-state index contributed by atoms with van der Waals surface area (Å²) >= 11 is 5.97. The second-order valence-electron chi connectivity index (χ2n) is 8.47. The summed E-state index contributed by atoms with van der Waals surface area (Å²) in [6, 6.07) is 9.63. The predicted octanol–water partition coefficient (Wildman–Crippen LogP) is 3.66. The zero-order chi connectivity index (χ0) is 27.0. The lowest BCUT2D eigenvalue weighted by atomic mass is 10.1. The fourth-order valence-corrected chi connectivity index (χ4v) is 4.50. The Morgan fingerprint density at radius 1 is 1.17 bits per heavy atom. The van der Waals surface area contributed by atoms with Crippen LogP contribution in [0.3, 0.4) is 0 Å². The molecule has 2 aromatic rings. The maximum atomic E-state index is 13.5. The number of halogens is 1. The SMILES string of the molecule is CCCCNC(=O)[C@H](C)N(Cc1ccc(Cl)cc1)C(=O)CN(c1cc([N+](=O)[O-])ccc1C)S(C)(=O)=O. The van der Waals surface area contributed by atoms with Crippen molar-refractivity contribution in [3.05, 3.63) is 68.7 Å². The minimum absolute atomic E-state index is 0.0199. The maximum absolute atomic E-state index is 13.5. The van der Waals surface area contributed by atoms with Gasteiger partial charge in [0.15, 0.2) is 0 Å². The van der Waals surface area contributed by atoms with E-state index in [0.717, 1.165) is 29.5 Å². The van der Waals surface area contributed by atoms with Crippen molar-refractivity contribution in [2.45, 2.75) is 46.2 Å². The Balaban J connectivity index is 2.43. The molecule has 0 unspecified atom stereocenters. The Bertz CT molecular complexity index is 1200. The van der Waals surface area contributed by atoms with Crippen molar-refractivity contribution in [3.63, 3.8) is 0 Å². The number of non-ortho nitro benzene ring substituents is 1. The summed E-state index contributed by atoms with van der Waals surface area (Å²) in [5.41, 5.74) is 0.844. The number of rotatable bonds is 12. The normalized spacial score (nSPS) is 12.0. The number of nitrogens with zero attached hydrogens (tertiary/aromatic N) is 3. The third kappa shape index (κ3) is 7.92. The predicted molar refractivity (Wildman–Crippen MR) is 139 cm³/mol. The lowest BCUT2D eigenvalue weighted by Gasteiger charge is -2.31. The highest BCUT2D eigenvalue weighted by Gasteiger charge is 2.31. The molecule has 36 heavy (non-hydrogen) atoms. The van der Waals surface area contributed by atoms with E-state index in [9.17, 15) is 28.1 Å². The van der Waals surface area contributed by atoms with Gasteiger partial charge >= 0.3 is 0 Å². The molecule has 0 radical (unpaired) electrons. The molecule has 0 spiro atoms. The van der Waals surface area contributed by atoms with E-state index in [1.165, 1.54) is 17.0 Å². The molecule has 0 saturated heterocycles. The molecule has 2 aromatic carbocycles. The van der Waals surface area contributed by atoms with Crippen molar-refractivity contribution < 1.29 is 22.9 Å². The smallest absolute Gasteiger partial charge is 0.271 e. The van der Waals surface area contributed by atoms with E-state index >= 15 is 0 Å². The van der Waals surface area contributed by atoms with E-state index in [2.05, 4.69) is 5.32 Å². The van der Waals surface area contributed by atoms with E-state index in [1.54, 1.807) is 38.1 Å². The average molecular weight is 539 g/mol. The number of carbonyl (C=O) groups excluding carboxylic acids is 2. The second-order valence-corrected chi connectivity index (χ2v) is 10.8. The Kier molecular flexibility index (Phi) is 10.2. The van der Waals surface area contributed by atoms with Crippen LogP contribution in [0.25, 0.3) is 0 Å². The van der Waals surface area contributed by atoms with E-state index in [4.69, 9.17) is 11.6 Å². The Morgan fingerprint density at radius 3 is 2.36 bits per heavy atom. The highest BCUT2D eigenvalue weighted by molar-refractivity contribution is 7.92. The number of hydrogen-bond acceptors (Lipinski definition) is 6. The maximum Gasteiger partial charge on any atom is 0.271 e. The van der Waals surface area contributed by atoms with Crippen LogP contribution >= 0.6 is 11.6 Å². The van der Waals surface area contributed by atoms with Crippen molar-refractivity contribution in [3.8, 4) is 0 Å². The van der Waals surface area contributed by atoms with Gasteiger partial charge in [-0.15, -0.1) is 0 Å². The number of unbranched alkanes of at least 4 members (excludes halogenated alkanes) is 1. The van der Waals surface area contributed by atoms with Crippen molar-refractivity contribution in [2.75, 3.05) is 23.7 Å². The number of carbonyl (C=O) groups is 2. The Labute approximate surface area is 216 Å². The van der Waals surface area contributed by atoms with Crippen LogP contribution in [0, 0.1) is 17.0 Å². The van der Waals surface area contributed by atoms with Crippen LogP contribution < -0.4 is 9.62 Å². The molecule has 1 N–H and O–H groups in total. The molecule has 1 atom stereocenters. The van der Waals surface area contributed by atoms with Gasteiger partial charge in [0.05, 0.1) is 16.9 Å². The van der Waals surface area contributed by atoms with Crippen molar-refractivity contribution in [2.24, 2.45) is 0 Å². The summed E-state index contributed by atoms with van der Waals surface area (Å²) in [5.74, 6) is -1.01. The molecule has 10 nitrogen and oxygen atoms in total. The standard InChI is InChI=1S/C24H31ClN4O6S/c1-5-6-13-26-24(31)18(3)27(15-19-8-10-20(25)11-9-19)23(30)16-28(36(4,34)35)22-14-21(29(32)33)12-7-17(22)2/h7-12,14,18H,5-6,13,15-16H2,1-4H3,(H,26,31)/t18-/m0/s1. The van der Waals surface area contributed by atoms with E-state index < -0.39 is 33.4 Å². The first-order valence-electron chi connectivity index (χ1n) is 11.4. The van der Waals surface area contributed by atoms with Gasteiger partial charge < -0.3 is 10.2 Å². The number of amides is 2. The number of sulfonamides is 1. The van der Waals surface area contributed by atoms with Gasteiger partial charge in [0.2, 0.25) is 21.8 Å². The van der Waals surface area contributed by atoms with Gasteiger partial charge in [0, 0.05) is 30.2 Å². The zero-order valence-corrected chi connectivity index (χ0v) is 22.3. The Hall–Kier alpha value is -3.18. The fourth-order valence-electron chi connectivity index (χ4n) is 3.48. The monoisotopic (exact) mass is 538 g/mol. The number of nitro groups is 1. The van der Waals surface area contributed by atoms with Gasteiger partial charge in [0.1, 0.15) is 12.6 Å². The topological polar surface area (TPSA) is 130 Å². The van der Waals surface area contributed by atoms with Gasteiger partial charge in [-0.3, -0.25) is 24.0 Å². The molecular weight excluding hydrogens is 508 g/mol. The van der Waals surface area contributed by atoms with Crippen LogP contribution in [-0.2, 0) is 26.2 Å². The van der Waals surface area contributed by atoms with Gasteiger partial charge in [-0.05, 0) is 43.5 Å².